The molecule has 1 amide bonds. The van der Waals surface area contributed by atoms with Crippen molar-refractivity contribution in [2.75, 3.05) is 13.2 Å². The second-order valence-electron chi connectivity index (χ2n) is 10.1. The zero-order valence-corrected chi connectivity index (χ0v) is 21.2. The topological polar surface area (TPSA) is 97.3 Å². The van der Waals surface area contributed by atoms with Crippen LogP contribution < -0.4 is 5.32 Å². The van der Waals surface area contributed by atoms with Crippen molar-refractivity contribution in [3.05, 3.63) is 70.8 Å². The maximum atomic E-state index is 13.5. The number of benzene rings is 2. The van der Waals surface area contributed by atoms with E-state index in [4.69, 9.17) is 14.2 Å². The predicted molar refractivity (Wildman–Crippen MR) is 132 cm³/mol. The molecule has 2 aromatic rings. The first-order valence-electron chi connectivity index (χ1n) is 12.8. The monoisotopic (exact) mass is 537 g/mol. The van der Waals surface area contributed by atoms with Crippen LogP contribution in [0.5, 0.6) is 0 Å². The van der Waals surface area contributed by atoms with Crippen LogP contribution in [0.15, 0.2) is 48.5 Å². The smallest absolute Gasteiger partial charge is 0.390 e. The Kier molecular flexibility index (Phi) is 9.10. The highest BCUT2D eigenvalue weighted by Crippen LogP contribution is 2.36. The Labute approximate surface area is 219 Å². The number of carbonyl (C=O) groups excluding carboxylic acids is 1. The van der Waals surface area contributed by atoms with E-state index >= 15 is 0 Å². The van der Waals surface area contributed by atoms with Gasteiger partial charge in [-0.3, -0.25) is 4.79 Å². The summed E-state index contributed by atoms with van der Waals surface area (Å²) in [6, 6.07) is 12.1. The molecule has 1 aliphatic carbocycles. The van der Waals surface area contributed by atoms with E-state index in [1.807, 2.05) is 31.2 Å². The van der Waals surface area contributed by atoms with Gasteiger partial charge in [0.05, 0.1) is 37.1 Å². The molecular formula is C28H34F3NO6. The van der Waals surface area contributed by atoms with Crippen molar-refractivity contribution in [1.82, 2.24) is 5.32 Å². The van der Waals surface area contributed by atoms with Gasteiger partial charge in [0.1, 0.15) is 6.10 Å². The van der Waals surface area contributed by atoms with Gasteiger partial charge in [0, 0.05) is 26.0 Å². The zero-order valence-electron chi connectivity index (χ0n) is 21.2. The van der Waals surface area contributed by atoms with Crippen molar-refractivity contribution in [2.45, 2.75) is 82.0 Å². The Balaban J connectivity index is 1.50. The Morgan fingerprint density at radius 2 is 1.84 bits per heavy atom. The van der Waals surface area contributed by atoms with E-state index in [1.165, 1.54) is 12.1 Å². The van der Waals surface area contributed by atoms with Crippen LogP contribution in [0.2, 0.25) is 0 Å². The number of halogens is 3. The number of hydrogen-bond donors (Lipinski definition) is 3. The number of ether oxygens (including phenoxy) is 3. The summed E-state index contributed by atoms with van der Waals surface area (Å²) in [5, 5.41) is 24.3. The number of aliphatic hydroxyl groups excluding tert-OH is 2. The number of hydrogen-bond acceptors (Lipinski definition) is 6. The van der Waals surface area contributed by atoms with Gasteiger partial charge in [0.25, 0.3) is 5.91 Å². The van der Waals surface area contributed by atoms with Crippen LogP contribution >= 0.6 is 0 Å². The first kappa shape index (κ1) is 28.5. The highest BCUT2D eigenvalue weighted by Gasteiger charge is 2.51. The van der Waals surface area contributed by atoms with Crippen molar-refractivity contribution in [1.29, 1.82) is 0 Å². The zero-order chi connectivity index (χ0) is 27.3. The summed E-state index contributed by atoms with van der Waals surface area (Å²) in [6.07, 6.45) is -6.60. The average molecular weight is 538 g/mol. The van der Waals surface area contributed by atoms with E-state index in [9.17, 15) is 28.2 Å². The van der Waals surface area contributed by atoms with Crippen LogP contribution in [0.1, 0.15) is 47.9 Å². The lowest BCUT2D eigenvalue weighted by atomic mass is 9.78. The third-order valence-corrected chi connectivity index (χ3v) is 7.28. The molecule has 2 aromatic carbocycles. The predicted octanol–water partition coefficient (Wildman–Crippen LogP) is 3.67. The van der Waals surface area contributed by atoms with Crippen LogP contribution in [-0.2, 0) is 38.4 Å². The third-order valence-electron chi connectivity index (χ3n) is 7.28. The highest BCUT2D eigenvalue weighted by atomic mass is 19.4. The van der Waals surface area contributed by atoms with Crippen LogP contribution in [0, 0.1) is 6.92 Å². The molecule has 1 saturated carbocycles. The van der Waals surface area contributed by atoms with Gasteiger partial charge in [-0.2, -0.15) is 13.2 Å². The fourth-order valence-electron chi connectivity index (χ4n) is 4.92. The van der Waals surface area contributed by atoms with E-state index in [0.717, 1.165) is 36.1 Å². The molecule has 4 rings (SSSR count). The summed E-state index contributed by atoms with van der Waals surface area (Å²) in [5.41, 5.74) is 0.0423. The maximum absolute atomic E-state index is 13.5. The van der Waals surface area contributed by atoms with Crippen molar-refractivity contribution < 1.29 is 42.4 Å². The van der Waals surface area contributed by atoms with Gasteiger partial charge in [0.15, 0.2) is 5.60 Å². The Morgan fingerprint density at radius 1 is 1.11 bits per heavy atom. The first-order chi connectivity index (χ1) is 18.1. The van der Waals surface area contributed by atoms with E-state index in [2.05, 4.69) is 5.32 Å². The first-order valence-corrected chi connectivity index (χ1v) is 12.8. The number of alkyl halides is 3. The molecule has 2 aliphatic rings. The van der Waals surface area contributed by atoms with E-state index in [1.54, 1.807) is 0 Å². The number of amides is 1. The van der Waals surface area contributed by atoms with Crippen molar-refractivity contribution in [3.8, 4) is 0 Å². The molecule has 208 valence electrons. The lowest BCUT2D eigenvalue weighted by molar-refractivity contribution is -0.200. The second-order valence-corrected chi connectivity index (χ2v) is 10.1. The Morgan fingerprint density at radius 3 is 2.50 bits per heavy atom. The maximum Gasteiger partial charge on any atom is 0.416 e. The van der Waals surface area contributed by atoms with E-state index in [0.29, 0.717) is 18.7 Å². The van der Waals surface area contributed by atoms with Crippen LogP contribution in [0.4, 0.5) is 13.2 Å². The van der Waals surface area contributed by atoms with Crippen molar-refractivity contribution in [2.24, 2.45) is 0 Å². The molecule has 1 saturated heterocycles. The molecule has 2 fully saturated rings. The minimum absolute atomic E-state index is 0.0465. The fraction of sp³-hybridized carbons (Fsp3) is 0.536. The largest absolute Gasteiger partial charge is 0.416 e. The number of rotatable bonds is 9. The summed E-state index contributed by atoms with van der Waals surface area (Å²) in [7, 11) is 0. The molecular weight excluding hydrogens is 503 g/mol. The fourth-order valence-corrected chi connectivity index (χ4v) is 4.92. The third kappa shape index (κ3) is 6.92. The lowest BCUT2D eigenvalue weighted by Gasteiger charge is -2.44. The molecule has 1 aliphatic heterocycles. The van der Waals surface area contributed by atoms with E-state index in [-0.39, 0.29) is 32.2 Å². The minimum atomic E-state index is -4.45. The highest BCUT2D eigenvalue weighted by molar-refractivity contribution is 5.85. The molecule has 10 heteroatoms. The molecule has 1 heterocycles. The molecule has 0 radical (unpaired) electrons. The van der Waals surface area contributed by atoms with Gasteiger partial charge in [-0.15, -0.1) is 0 Å². The standard InChI is InChI=1S/C28H34F3NO6/c1-18-5-2-3-6-20(18)17-38-27(26(35)32-15-22-7-4-12-36-22)13-23(33)25(34)24(14-27)37-16-19-8-10-21(11-9-19)28(29,30)31/h2-3,5-6,8-11,22-25,33-34H,4,7,12-17H2,1H3,(H,32,35)/t22?,23-,24?,25-,27+/m1/s1. The van der Waals surface area contributed by atoms with Gasteiger partial charge < -0.3 is 29.7 Å². The van der Waals surface area contributed by atoms with Crippen LogP contribution in [0.25, 0.3) is 0 Å². The van der Waals surface area contributed by atoms with Crippen LogP contribution in [-0.4, -0.2) is 59.3 Å². The number of aryl methyl sites for hydroxylation is 1. The van der Waals surface area contributed by atoms with E-state index < -0.39 is 41.6 Å². The normalized spacial score (nSPS) is 27.8. The Hall–Kier alpha value is -2.50. The molecule has 7 nitrogen and oxygen atoms in total. The average Bonchev–Trinajstić information content (AvgIpc) is 3.41. The minimum Gasteiger partial charge on any atom is -0.390 e. The van der Waals surface area contributed by atoms with Gasteiger partial charge >= 0.3 is 6.18 Å². The number of nitrogens with one attached hydrogen (secondary N) is 1. The summed E-state index contributed by atoms with van der Waals surface area (Å²) in [6.45, 7) is 2.86. The molecule has 0 bridgehead atoms. The van der Waals surface area contributed by atoms with Gasteiger partial charge in [-0.1, -0.05) is 36.4 Å². The molecule has 3 N–H and O–H groups in total. The SMILES string of the molecule is Cc1ccccc1CO[C@]1(C(=O)NCC2CCCO2)CC(OCc2ccc(C(F)(F)F)cc2)[C@H](O)[C@H](O)C1. The van der Waals surface area contributed by atoms with Gasteiger partial charge in [-0.05, 0) is 48.6 Å². The quantitative estimate of drug-likeness (QED) is 0.452. The van der Waals surface area contributed by atoms with Gasteiger partial charge in [0.2, 0.25) is 0 Å². The number of carbonyl (C=O) groups is 1. The molecule has 2 unspecified atom stereocenters. The molecule has 5 atom stereocenters. The number of aliphatic hydroxyl groups is 2. The Bertz CT molecular complexity index is 1070. The van der Waals surface area contributed by atoms with Crippen LogP contribution in [0.3, 0.4) is 0 Å². The second kappa shape index (κ2) is 12.1. The summed E-state index contributed by atoms with van der Waals surface area (Å²) in [5.74, 6) is -0.435. The lowest BCUT2D eigenvalue weighted by Crippen LogP contribution is -2.61. The van der Waals surface area contributed by atoms with Crippen molar-refractivity contribution >= 4 is 5.91 Å². The van der Waals surface area contributed by atoms with Gasteiger partial charge in [-0.25, -0.2) is 0 Å². The molecule has 38 heavy (non-hydrogen) atoms. The molecule has 0 aromatic heterocycles. The summed E-state index contributed by atoms with van der Waals surface area (Å²) >= 11 is 0. The van der Waals surface area contributed by atoms with Crippen molar-refractivity contribution in [3.63, 3.8) is 0 Å². The summed E-state index contributed by atoms with van der Waals surface area (Å²) in [4.78, 5) is 13.5. The summed E-state index contributed by atoms with van der Waals surface area (Å²) < 4.78 is 56.3. The molecule has 0 spiro atoms.